The van der Waals surface area contributed by atoms with Gasteiger partial charge in [0.15, 0.2) is 158 Å². The molecule has 10 aromatic carbocycles. The first kappa shape index (κ1) is 92.7. The molecule has 11 aliphatic heterocycles. The number of carbonyl (C=O) groups is 10. The fourth-order valence-corrected chi connectivity index (χ4v) is 19.2. The topological polar surface area (TPSA) is 980 Å². The molecular formula is C87H58O56. The quantitative estimate of drug-likeness (QED) is 0.0625. The number of ether oxygens (including phenoxy) is 11. The van der Waals surface area contributed by atoms with Crippen molar-refractivity contribution in [1.82, 2.24) is 0 Å². The van der Waals surface area contributed by atoms with Crippen molar-refractivity contribution >= 4 is 59.7 Å². The lowest BCUT2D eigenvalue weighted by Gasteiger charge is -2.51. The predicted octanol–water partition coefficient (Wildman–Crippen LogP) is 0.220. The standard InChI is InChI=1S/C87H58O56/c88-14-1-9-21(49(100)43(14)94)22-10(2-15(89)44(95)50(22)101)79(124)142-75-73-70-35(34-39(82(127)138-70)30(58(109)67(118)62(34)113)29-38(84(129)141-73)28(56(107)65(116)57(29)108)25-13(5-18(92)47(98)53(25)104)80(125)143-86(75,131)8-134-76(9)121)33-36-26(54(105)66(117)61(33)112)24-12(4-17(91)46(97)52(24)103)78(123)137-69-20(7-133-81(36)126)136-77(122)11-3-16(90)45(96)51(102)23(11)27-37-31(59(110)64(115)55(27)106)32-40-41(63(114)68(119)60(32)111)42(71(139-85(40)130)72(69)140-83(37)128)87(132)74(120)48(99)19(93)6-135-87/h1-5,19-20,35,42,48,69-75,88-120,131-132H,6-8H2/t19-,20-,35-,42-,48+,69+,70+,71-,72?,73?,74-,75-,86-,87+/m0/s1. The van der Waals surface area contributed by atoms with E-state index in [4.69, 9.17) is 52.1 Å². The second-order valence-corrected chi connectivity index (χ2v) is 33.1. The van der Waals surface area contributed by atoms with Crippen molar-refractivity contribution in [3.05, 3.63) is 103 Å². The van der Waals surface area contributed by atoms with Crippen molar-refractivity contribution in [2.24, 2.45) is 0 Å². The van der Waals surface area contributed by atoms with Gasteiger partial charge in [-0.3, -0.25) is 0 Å². The van der Waals surface area contributed by atoms with E-state index in [1.54, 1.807) is 0 Å². The smallest absolute Gasteiger partial charge is 0.341 e. The van der Waals surface area contributed by atoms with Crippen molar-refractivity contribution < 1.29 is 279 Å². The van der Waals surface area contributed by atoms with Crippen LogP contribution in [0.1, 0.15) is 132 Å². The summed E-state index contributed by atoms with van der Waals surface area (Å²) >= 11 is 0. The normalized spacial score (nSPS) is 23.9. The number of hydrogen-bond acceptors (Lipinski definition) is 56. The summed E-state index contributed by atoms with van der Waals surface area (Å²) in [5.74, 6) is -101. The number of aliphatic hydroxyl groups excluding tert-OH is 3. The lowest BCUT2D eigenvalue weighted by Crippen LogP contribution is -2.68. The van der Waals surface area contributed by atoms with E-state index in [9.17, 15) is 179 Å². The fourth-order valence-electron chi connectivity index (χ4n) is 19.2. The van der Waals surface area contributed by atoms with E-state index in [1.807, 2.05) is 0 Å². The van der Waals surface area contributed by atoms with E-state index in [0.717, 1.165) is 0 Å². The summed E-state index contributed by atoms with van der Waals surface area (Å²) in [6.07, 6.45) is -34.4. The molecule has 56 heteroatoms. The van der Waals surface area contributed by atoms with Crippen LogP contribution in [0.3, 0.4) is 0 Å². The van der Waals surface area contributed by atoms with E-state index >= 15 is 47.9 Å². The summed E-state index contributed by atoms with van der Waals surface area (Å²) in [6.45, 7) is -6.38. The molecule has 0 amide bonds. The Kier molecular flexibility index (Phi) is 20.0. The Balaban J connectivity index is 0.936. The van der Waals surface area contributed by atoms with Crippen LogP contribution < -0.4 is 0 Å². The molecule has 2 unspecified atom stereocenters. The highest BCUT2D eigenvalue weighted by Crippen LogP contribution is 2.69. The third-order valence-corrected chi connectivity index (χ3v) is 25.6. The lowest BCUT2D eigenvalue weighted by molar-refractivity contribution is -0.341. The maximum Gasteiger partial charge on any atom is 0.341 e. The molecule has 1 saturated heterocycles. The third-order valence-electron chi connectivity index (χ3n) is 25.6. The molecule has 143 heavy (non-hydrogen) atoms. The van der Waals surface area contributed by atoms with E-state index in [2.05, 4.69) is 0 Å². The minimum absolute atomic E-state index is 0.00880. The van der Waals surface area contributed by atoms with Gasteiger partial charge in [0.2, 0.25) is 69.4 Å². The molecule has 11 aliphatic rings. The van der Waals surface area contributed by atoms with E-state index in [-0.39, 0.29) is 30.3 Å². The van der Waals surface area contributed by atoms with Crippen LogP contribution in [-0.4, -0.2) is 331 Å². The molecule has 0 aromatic heterocycles. The maximum atomic E-state index is 17.1. The summed E-state index contributed by atoms with van der Waals surface area (Å²) in [7, 11) is 0. The van der Waals surface area contributed by atoms with Crippen LogP contribution in [-0.2, 0) is 52.1 Å². The Morgan fingerprint density at radius 1 is 0.245 bits per heavy atom. The van der Waals surface area contributed by atoms with Gasteiger partial charge >= 0.3 is 59.7 Å². The van der Waals surface area contributed by atoms with Gasteiger partial charge in [0.05, 0.1) is 74.1 Å². The van der Waals surface area contributed by atoms with Gasteiger partial charge in [0.1, 0.15) is 24.9 Å². The molecule has 11 heterocycles. The predicted molar refractivity (Wildman–Crippen MR) is 437 cm³/mol. The van der Waals surface area contributed by atoms with Crippen LogP contribution in [0, 0.1) is 0 Å². The average molecular weight is 2000 g/mol. The molecule has 0 saturated carbocycles. The molecular weight excluding hydrogens is 1940 g/mol. The van der Waals surface area contributed by atoms with Crippen molar-refractivity contribution in [2.45, 2.75) is 84.4 Å². The van der Waals surface area contributed by atoms with E-state index in [0.29, 0.717) is 0 Å². The number of phenols is 30. The summed E-state index contributed by atoms with van der Waals surface area (Å²) in [5.41, 5.74) is -46.0. The highest BCUT2D eigenvalue weighted by molar-refractivity contribution is 6.20. The molecule has 0 spiro atoms. The molecule has 0 radical (unpaired) electrons. The molecule has 0 aliphatic carbocycles. The molecule has 742 valence electrons. The Labute approximate surface area is 781 Å². The third kappa shape index (κ3) is 12.3. The lowest BCUT2D eigenvalue weighted by atomic mass is 9.71. The van der Waals surface area contributed by atoms with Gasteiger partial charge in [-0.15, -0.1) is 0 Å². The minimum atomic E-state index is -4.82. The van der Waals surface area contributed by atoms with Gasteiger partial charge in [-0.2, -0.15) is 0 Å². The zero-order valence-electron chi connectivity index (χ0n) is 69.7. The Bertz CT molecular complexity index is 7700. The molecule has 12 bridgehead atoms. The number of carbonyl (C=O) groups excluding carboxylic acids is 10. The summed E-state index contributed by atoms with van der Waals surface area (Å²) < 4.78 is 64.2. The van der Waals surface area contributed by atoms with Gasteiger partial charge in [-0.25, -0.2) is 47.9 Å². The molecule has 1 fully saturated rings. The van der Waals surface area contributed by atoms with Gasteiger partial charge < -0.3 is 231 Å². The number of aromatic hydroxyl groups is 30. The molecule has 56 nitrogen and oxygen atoms in total. The number of aliphatic hydroxyl groups is 5. The van der Waals surface area contributed by atoms with E-state index in [1.165, 1.54) is 0 Å². The number of rotatable bonds is 2. The van der Waals surface area contributed by atoms with Gasteiger partial charge in [-0.05, 0) is 30.3 Å². The number of fused-ring (bicyclic) bond motifs is 14. The van der Waals surface area contributed by atoms with Crippen LogP contribution in [0.2, 0.25) is 0 Å². The van der Waals surface area contributed by atoms with Crippen molar-refractivity contribution in [2.75, 3.05) is 19.8 Å². The Hall–Kier alpha value is -19.3. The first-order chi connectivity index (χ1) is 67.1. The summed E-state index contributed by atoms with van der Waals surface area (Å²) in [4.78, 5) is 161. The Morgan fingerprint density at radius 3 is 0.958 bits per heavy atom. The van der Waals surface area contributed by atoms with Gasteiger partial charge in [-0.1, -0.05) is 0 Å². The second-order valence-electron chi connectivity index (χ2n) is 33.1. The second kappa shape index (κ2) is 30.8. The summed E-state index contributed by atoms with van der Waals surface area (Å²) in [5, 5.41) is 422. The minimum Gasteiger partial charge on any atom is -0.504 e. The monoisotopic (exact) mass is 2000 g/mol. The van der Waals surface area contributed by atoms with Gasteiger partial charge in [0.25, 0.3) is 5.79 Å². The zero-order valence-corrected chi connectivity index (χ0v) is 69.7. The number of cyclic esters (lactones) is 2. The van der Waals surface area contributed by atoms with Gasteiger partial charge in [0, 0.05) is 83.5 Å². The van der Waals surface area contributed by atoms with Crippen LogP contribution in [0.4, 0.5) is 0 Å². The first-order valence-electron chi connectivity index (χ1n) is 40.2. The molecule has 35 N–H and O–H groups in total. The number of hydrogen-bond donors (Lipinski definition) is 35. The van der Waals surface area contributed by atoms with Crippen molar-refractivity contribution in [3.8, 4) is 239 Å². The molecule has 10 aromatic rings. The average Bonchev–Trinajstić information content (AvgIpc) is 1.40. The fraction of sp³-hybridized carbons (Fsp3) is 0.195. The number of phenolic OH excluding ortho intramolecular Hbond substituents is 30. The van der Waals surface area contributed by atoms with Crippen LogP contribution in [0.5, 0.6) is 172 Å². The van der Waals surface area contributed by atoms with Crippen molar-refractivity contribution in [1.29, 1.82) is 0 Å². The zero-order chi connectivity index (χ0) is 104. The highest BCUT2D eigenvalue weighted by Gasteiger charge is 2.67. The van der Waals surface area contributed by atoms with Crippen LogP contribution >= 0.6 is 0 Å². The van der Waals surface area contributed by atoms with Crippen LogP contribution in [0.15, 0.2) is 30.3 Å². The number of esters is 10. The van der Waals surface area contributed by atoms with Crippen LogP contribution in [0.25, 0.3) is 66.8 Å². The first-order valence-corrected chi connectivity index (χ1v) is 40.2. The highest BCUT2D eigenvalue weighted by atomic mass is 16.7. The van der Waals surface area contributed by atoms with E-state index < -0.39 is 476 Å². The van der Waals surface area contributed by atoms with Crippen molar-refractivity contribution in [3.63, 3.8) is 0 Å². The Morgan fingerprint density at radius 2 is 0.538 bits per heavy atom. The number of benzene rings is 10. The summed E-state index contributed by atoms with van der Waals surface area (Å²) in [6, 6.07) is -0.0221. The largest absolute Gasteiger partial charge is 0.504 e. The molecule has 21 rings (SSSR count). The SMILES string of the molecule is O=C1OC[C@]2(O)OC(=O)c3cc(O)c(O)c(O)c3-c3c(O)c(O)c(O)c4c3C(=O)OC([C@@H]3OC(=O)c5c-4c(O)c(O)c(O)c5[C@@H]3c3c(O)c(O)c(O)c4c3C(=O)OC[C@@H]3OC(=O)c5cc(O)c(O)c(O)c5-c5c(O)c(O)c(O)c6c5C(=O)OC([C@H]5OC(=O)c7c-6c(O)c(O)c(O)c7[C@@H]5[C@@]5(O)OC[C@H](O)[C@@H](O)[C@@H]5O)[C@@H]3OC(=O)c3cc(O)c(O)c(O)c3-4)[C@@H]2OC(=O)c2cc(O)c(O)c(O)c2-c2c1cc(O)c(O)c2O. The maximum absolute atomic E-state index is 17.1. The molecule has 14 atom stereocenters.